The lowest BCUT2D eigenvalue weighted by Gasteiger charge is -2.05. The second kappa shape index (κ2) is 13.5. The predicted octanol–water partition coefficient (Wildman–Crippen LogP) is 2.85. The average molecular weight is 242 g/mol. The quantitative estimate of drug-likeness (QED) is 0.517. The monoisotopic (exact) mass is 242 g/mol. The van der Waals surface area contributed by atoms with Gasteiger partial charge in [0.15, 0.2) is 0 Å². The van der Waals surface area contributed by atoms with E-state index in [1.54, 1.807) is 0 Å². The Labute approximate surface area is 107 Å². The molecule has 0 atom stereocenters. The van der Waals surface area contributed by atoms with Crippen LogP contribution >= 0.6 is 0 Å². The lowest BCUT2D eigenvalue weighted by Crippen LogP contribution is -2.23. The molecule has 2 N–H and O–H groups in total. The van der Waals surface area contributed by atoms with Crippen LogP contribution in [0.5, 0.6) is 0 Å². The number of amides is 1. The van der Waals surface area contributed by atoms with Gasteiger partial charge < -0.3 is 10.6 Å². The molecule has 102 valence electrons. The summed E-state index contributed by atoms with van der Waals surface area (Å²) in [5, 5.41) is 6.37. The molecule has 0 unspecified atom stereocenters. The zero-order valence-electron chi connectivity index (χ0n) is 11.7. The molecule has 0 rings (SSSR count). The minimum atomic E-state index is 0.166. The maximum absolute atomic E-state index is 10.9. The SMILES string of the molecule is CCCCCCNCCCCCNC(=O)CC. The highest BCUT2D eigenvalue weighted by atomic mass is 16.1. The number of rotatable bonds is 12. The highest BCUT2D eigenvalue weighted by Crippen LogP contribution is 1.97. The van der Waals surface area contributed by atoms with E-state index >= 15 is 0 Å². The average Bonchev–Trinajstić information content (AvgIpc) is 2.35. The Kier molecular flexibility index (Phi) is 13.0. The third-order valence-corrected chi connectivity index (χ3v) is 2.88. The highest BCUT2D eigenvalue weighted by molar-refractivity contribution is 5.75. The maximum Gasteiger partial charge on any atom is 0.219 e. The molecule has 0 bridgehead atoms. The fourth-order valence-electron chi connectivity index (χ4n) is 1.71. The summed E-state index contributed by atoms with van der Waals surface area (Å²) < 4.78 is 0. The largest absolute Gasteiger partial charge is 0.356 e. The van der Waals surface area contributed by atoms with E-state index in [-0.39, 0.29) is 5.91 Å². The Balaban J connectivity index is 2.96. The standard InChI is InChI=1S/C14H30N2O/c1-3-5-6-8-11-15-12-9-7-10-13-16-14(17)4-2/h15H,3-13H2,1-2H3,(H,16,17). The van der Waals surface area contributed by atoms with E-state index in [9.17, 15) is 4.79 Å². The van der Waals surface area contributed by atoms with E-state index in [4.69, 9.17) is 0 Å². The van der Waals surface area contributed by atoms with Gasteiger partial charge in [-0.2, -0.15) is 0 Å². The number of unbranched alkanes of at least 4 members (excludes halogenated alkanes) is 5. The summed E-state index contributed by atoms with van der Waals surface area (Å²) in [5.74, 6) is 0.166. The van der Waals surface area contributed by atoms with Gasteiger partial charge in [-0.3, -0.25) is 4.79 Å². The van der Waals surface area contributed by atoms with E-state index < -0.39 is 0 Å². The van der Waals surface area contributed by atoms with Crippen LogP contribution in [0.25, 0.3) is 0 Å². The van der Waals surface area contributed by atoms with Crippen molar-refractivity contribution in [3.05, 3.63) is 0 Å². The smallest absolute Gasteiger partial charge is 0.219 e. The van der Waals surface area contributed by atoms with Gasteiger partial charge in [-0.1, -0.05) is 39.5 Å². The van der Waals surface area contributed by atoms with E-state index in [1.807, 2.05) is 6.92 Å². The van der Waals surface area contributed by atoms with Gasteiger partial charge in [0.2, 0.25) is 5.91 Å². The first-order valence-electron chi connectivity index (χ1n) is 7.28. The van der Waals surface area contributed by atoms with E-state index in [0.717, 1.165) is 26.1 Å². The first kappa shape index (κ1) is 16.4. The first-order chi connectivity index (χ1) is 8.31. The molecule has 0 aliphatic carbocycles. The molecule has 0 radical (unpaired) electrons. The fraction of sp³-hybridized carbons (Fsp3) is 0.929. The molecular weight excluding hydrogens is 212 g/mol. The van der Waals surface area contributed by atoms with Crippen molar-refractivity contribution in [2.45, 2.75) is 65.2 Å². The molecule has 3 nitrogen and oxygen atoms in total. The normalized spacial score (nSPS) is 10.5. The summed E-state index contributed by atoms with van der Waals surface area (Å²) in [4.78, 5) is 10.9. The number of carbonyl (C=O) groups excluding carboxylic acids is 1. The number of carbonyl (C=O) groups is 1. The van der Waals surface area contributed by atoms with Gasteiger partial charge in [-0.05, 0) is 32.4 Å². The number of hydrogen-bond donors (Lipinski definition) is 2. The van der Waals surface area contributed by atoms with Crippen LogP contribution in [0.4, 0.5) is 0 Å². The second-order valence-electron chi connectivity index (χ2n) is 4.57. The molecule has 1 amide bonds. The van der Waals surface area contributed by atoms with Crippen LogP contribution in [0, 0.1) is 0 Å². The zero-order valence-corrected chi connectivity index (χ0v) is 11.7. The molecule has 0 aromatic rings. The predicted molar refractivity (Wildman–Crippen MR) is 74.2 cm³/mol. The molecule has 0 aromatic heterocycles. The first-order valence-corrected chi connectivity index (χ1v) is 7.28. The van der Waals surface area contributed by atoms with Gasteiger partial charge >= 0.3 is 0 Å². The number of hydrogen-bond acceptors (Lipinski definition) is 2. The fourth-order valence-corrected chi connectivity index (χ4v) is 1.71. The molecule has 17 heavy (non-hydrogen) atoms. The van der Waals surface area contributed by atoms with Crippen LogP contribution in [0.1, 0.15) is 65.2 Å². The molecule has 0 saturated heterocycles. The van der Waals surface area contributed by atoms with Crippen molar-refractivity contribution in [3.8, 4) is 0 Å². The summed E-state index contributed by atoms with van der Waals surface area (Å²) in [7, 11) is 0. The van der Waals surface area contributed by atoms with Gasteiger partial charge in [-0.15, -0.1) is 0 Å². The van der Waals surface area contributed by atoms with Crippen LogP contribution in [0.3, 0.4) is 0 Å². The second-order valence-corrected chi connectivity index (χ2v) is 4.57. The van der Waals surface area contributed by atoms with Crippen LogP contribution in [-0.4, -0.2) is 25.5 Å². The van der Waals surface area contributed by atoms with Crippen molar-refractivity contribution in [2.24, 2.45) is 0 Å². The van der Waals surface area contributed by atoms with E-state index in [0.29, 0.717) is 6.42 Å². The van der Waals surface area contributed by atoms with Gasteiger partial charge in [0.25, 0.3) is 0 Å². The van der Waals surface area contributed by atoms with Crippen molar-refractivity contribution in [1.82, 2.24) is 10.6 Å². The summed E-state index contributed by atoms with van der Waals surface area (Å²) in [6.45, 7) is 7.24. The number of nitrogens with one attached hydrogen (secondary N) is 2. The summed E-state index contributed by atoms with van der Waals surface area (Å²) in [6.07, 6.45) is 9.44. The summed E-state index contributed by atoms with van der Waals surface area (Å²) in [6, 6.07) is 0. The highest BCUT2D eigenvalue weighted by Gasteiger charge is 1.95. The lowest BCUT2D eigenvalue weighted by molar-refractivity contribution is -0.120. The lowest BCUT2D eigenvalue weighted by atomic mass is 10.2. The third-order valence-electron chi connectivity index (χ3n) is 2.88. The van der Waals surface area contributed by atoms with Gasteiger partial charge in [0, 0.05) is 13.0 Å². The Bertz CT molecular complexity index is 172. The Hall–Kier alpha value is -0.570. The maximum atomic E-state index is 10.9. The van der Waals surface area contributed by atoms with Crippen molar-refractivity contribution in [2.75, 3.05) is 19.6 Å². The van der Waals surface area contributed by atoms with E-state index in [1.165, 1.54) is 38.5 Å². The Morgan fingerprint density at radius 1 is 0.824 bits per heavy atom. The summed E-state index contributed by atoms with van der Waals surface area (Å²) >= 11 is 0. The molecule has 0 aliphatic rings. The molecule has 0 aliphatic heterocycles. The Morgan fingerprint density at radius 3 is 2.00 bits per heavy atom. The molecule has 0 aromatic carbocycles. The molecule has 0 fully saturated rings. The van der Waals surface area contributed by atoms with Gasteiger partial charge in [0.1, 0.15) is 0 Å². The summed E-state index contributed by atoms with van der Waals surface area (Å²) in [5.41, 5.74) is 0. The zero-order chi connectivity index (χ0) is 12.8. The van der Waals surface area contributed by atoms with Crippen molar-refractivity contribution in [3.63, 3.8) is 0 Å². The van der Waals surface area contributed by atoms with Gasteiger partial charge in [0.05, 0.1) is 0 Å². The molecule has 0 saturated carbocycles. The topological polar surface area (TPSA) is 41.1 Å². The van der Waals surface area contributed by atoms with E-state index in [2.05, 4.69) is 17.6 Å². The minimum Gasteiger partial charge on any atom is -0.356 e. The van der Waals surface area contributed by atoms with Crippen LogP contribution in [0.2, 0.25) is 0 Å². The van der Waals surface area contributed by atoms with Crippen LogP contribution in [0.15, 0.2) is 0 Å². The third kappa shape index (κ3) is 13.4. The van der Waals surface area contributed by atoms with Crippen LogP contribution in [-0.2, 0) is 4.79 Å². The minimum absolute atomic E-state index is 0.166. The molecule has 0 heterocycles. The van der Waals surface area contributed by atoms with Crippen molar-refractivity contribution in [1.29, 1.82) is 0 Å². The molecular formula is C14H30N2O. The van der Waals surface area contributed by atoms with Gasteiger partial charge in [-0.25, -0.2) is 0 Å². The van der Waals surface area contributed by atoms with Crippen molar-refractivity contribution >= 4 is 5.91 Å². The molecule has 0 spiro atoms. The Morgan fingerprint density at radius 2 is 1.41 bits per heavy atom. The molecule has 3 heteroatoms. The van der Waals surface area contributed by atoms with Crippen LogP contribution < -0.4 is 10.6 Å². The van der Waals surface area contributed by atoms with Crippen molar-refractivity contribution < 1.29 is 4.79 Å².